The van der Waals surface area contributed by atoms with Gasteiger partial charge < -0.3 is 75.8 Å². The van der Waals surface area contributed by atoms with Crippen LogP contribution in [0.5, 0.6) is 0 Å². The van der Waals surface area contributed by atoms with Crippen LogP contribution in [0.1, 0.15) is 76.2 Å². The van der Waals surface area contributed by atoms with Crippen LogP contribution >= 0.6 is 0 Å². The first-order valence-electron chi connectivity index (χ1n) is 20.3. The third-order valence-electron chi connectivity index (χ3n) is 9.11. The van der Waals surface area contributed by atoms with Gasteiger partial charge in [0.15, 0.2) is 49.2 Å². The van der Waals surface area contributed by atoms with Gasteiger partial charge in [0.05, 0.1) is 0 Å². The molecule has 15 atom stereocenters. The molecule has 0 spiro atoms. The Balaban J connectivity index is 2.31. The number of rotatable bonds is 18. The molecule has 0 aromatic rings. The molecule has 376 valence electrons. The van der Waals surface area contributed by atoms with Gasteiger partial charge in [0, 0.05) is 76.2 Å². The van der Waals surface area contributed by atoms with Crippen molar-refractivity contribution < 1.29 is 129 Å². The van der Waals surface area contributed by atoms with Crippen LogP contribution in [0, 0.1) is 0 Å². The predicted molar refractivity (Wildman–Crippen MR) is 206 cm³/mol. The molecule has 0 bridgehead atoms. The summed E-state index contributed by atoms with van der Waals surface area (Å²) in [6.07, 6.45) is -27.3. The van der Waals surface area contributed by atoms with Crippen LogP contribution in [0.15, 0.2) is 0 Å². The summed E-state index contributed by atoms with van der Waals surface area (Å²) in [6, 6.07) is 0. The first-order valence-corrected chi connectivity index (χ1v) is 20.3. The smallest absolute Gasteiger partial charge is 0.305 e. The second kappa shape index (κ2) is 25.2. The molecule has 0 unspecified atom stereocenters. The summed E-state index contributed by atoms with van der Waals surface area (Å²) in [6.45, 7) is 8.53. The van der Waals surface area contributed by atoms with Crippen LogP contribution in [-0.2, 0) is 129 Å². The van der Waals surface area contributed by atoms with E-state index < -0.39 is 178 Å². The standard InChI is InChI=1S/C40H54O27/c1-15(41)52-12-26-29(55-18(4)44)32(56-19(5)45)36(60-23(9)49)39(64-26)67-31-28(14-54-17(3)43)65-40(37(61-24(10)50)34(31)58-21(7)47)66-30-27(13-53-16(2)42)63-38(62-25(11)51)35(59-22(8)48)33(30)57-20(6)46/h26-40H,12-14H2,1-11H3/t26-,27-,28-,29-,30+,31+,32+,33+,34+,35-,36-,37+,38-,39+,40-/m0/s1. The highest BCUT2D eigenvalue weighted by Gasteiger charge is 2.60. The maximum absolute atomic E-state index is 13.0. The zero-order chi connectivity index (χ0) is 50.4. The molecule has 3 heterocycles. The van der Waals surface area contributed by atoms with Crippen molar-refractivity contribution in [1.29, 1.82) is 0 Å². The number of esters is 11. The molecule has 0 aromatic heterocycles. The predicted octanol–water partition coefficient (Wildman–Crippen LogP) is -1.29. The van der Waals surface area contributed by atoms with E-state index in [0.29, 0.717) is 0 Å². The lowest BCUT2D eigenvalue weighted by molar-refractivity contribution is -0.378. The van der Waals surface area contributed by atoms with Crippen LogP contribution < -0.4 is 0 Å². The molecule has 3 aliphatic rings. The van der Waals surface area contributed by atoms with Gasteiger partial charge in [0.1, 0.15) is 50.3 Å². The minimum Gasteiger partial charge on any atom is -0.463 e. The molecule has 0 aliphatic carbocycles. The van der Waals surface area contributed by atoms with Gasteiger partial charge in [0.2, 0.25) is 12.4 Å². The van der Waals surface area contributed by atoms with Crippen LogP contribution in [0.25, 0.3) is 0 Å². The van der Waals surface area contributed by atoms with Crippen molar-refractivity contribution in [2.75, 3.05) is 19.8 Å². The van der Waals surface area contributed by atoms with Crippen molar-refractivity contribution in [2.45, 2.75) is 168 Å². The number of carbonyl (C=O) groups excluding carboxylic acids is 11. The lowest BCUT2D eigenvalue weighted by atomic mass is 9.95. The highest BCUT2D eigenvalue weighted by molar-refractivity contribution is 5.70. The topological polar surface area (TPSA) is 335 Å². The molecule has 3 fully saturated rings. The van der Waals surface area contributed by atoms with Gasteiger partial charge in [-0.25, -0.2) is 0 Å². The second-order valence-electron chi connectivity index (χ2n) is 14.9. The Kier molecular flexibility index (Phi) is 20.8. The molecule has 0 saturated carbocycles. The quantitative estimate of drug-likeness (QED) is 0.114. The minimum absolute atomic E-state index is 0.691. The number of hydrogen-bond acceptors (Lipinski definition) is 27. The average molecular weight is 967 g/mol. The molecule has 67 heavy (non-hydrogen) atoms. The second-order valence-corrected chi connectivity index (χ2v) is 14.9. The largest absolute Gasteiger partial charge is 0.463 e. The summed E-state index contributed by atoms with van der Waals surface area (Å²) in [5.41, 5.74) is 0. The molecule has 0 amide bonds. The fourth-order valence-electron chi connectivity index (χ4n) is 7.01. The summed E-state index contributed by atoms with van der Waals surface area (Å²) >= 11 is 0. The summed E-state index contributed by atoms with van der Waals surface area (Å²) in [7, 11) is 0. The van der Waals surface area contributed by atoms with Crippen molar-refractivity contribution in [3.63, 3.8) is 0 Å². The number of hydrogen-bond donors (Lipinski definition) is 0. The van der Waals surface area contributed by atoms with Gasteiger partial charge in [-0.1, -0.05) is 0 Å². The molecule has 3 rings (SSSR count). The summed E-state index contributed by atoms with van der Waals surface area (Å²) < 4.78 is 90.4. The molecule has 27 nitrogen and oxygen atoms in total. The first kappa shape index (κ1) is 55.3. The highest BCUT2D eigenvalue weighted by Crippen LogP contribution is 2.38. The maximum Gasteiger partial charge on any atom is 0.305 e. The molecule has 27 heteroatoms. The normalized spacial score (nSPS) is 31.2. The maximum atomic E-state index is 13.0. The molecule has 0 N–H and O–H groups in total. The third kappa shape index (κ3) is 17.0. The van der Waals surface area contributed by atoms with Gasteiger partial charge >= 0.3 is 65.7 Å². The number of carbonyl (C=O) groups is 11. The molecular formula is C40H54O27. The van der Waals surface area contributed by atoms with Gasteiger partial charge in [-0.2, -0.15) is 0 Å². The Hall–Kier alpha value is -6.03. The van der Waals surface area contributed by atoms with E-state index in [2.05, 4.69) is 0 Å². The van der Waals surface area contributed by atoms with Crippen LogP contribution in [0.3, 0.4) is 0 Å². The van der Waals surface area contributed by atoms with E-state index >= 15 is 0 Å². The van der Waals surface area contributed by atoms with E-state index in [9.17, 15) is 52.7 Å². The average Bonchev–Trinajstić information content (AvgIpc) is 3.17. The van der Waals surface area contributed by atoms with E-state index in [1.807, 2.05) is 0 Å². The zero-order valence-corrected chi connectivity index (χ0v) is 38.3. The molecule has 3 saturated heterocycles. The Labute approximate surface area is 382 Å². The zero-order valence-electron chi connectivity index (χ0n) is 38.3. The SMILES string of the molecule is CC(=O)OC[C@@H]1O[C@H](O[C@H]2[C@@H](OC(C)=O)[C@@H](OC(C)=O)[C@H](O[C@H]3[C@@H](OC(C)=O)[C@H](OC(C)=O)[C@@H](OC(C)=O)O[C@H]3COC(C)=O)O[C@H]2COC(C)=O)[C@@H](OC(C)=O)[C@H](OC(C)=O)[C@H]1OC(C)=O. The van der Waals surface area contributed by atoms with Crippen molar-refractivity contribution in [3.05, 3.63) is 0 Å². The molecule has 0 radical (unpaired) electrons. The lowest BCUT2D eigenvalue weighted by Gasteiger charge is -2.50. The Morgan fingerprint density at radius 1 is 0.269 bits per heavy atom. The Morgan fingerprint density at radius 3 is 0.776 bits per heavy atom. The Bertz CT molecular complexity index is 1850. The monoisotopic (exact) mass is 966 g/mol. The van der Waals surface area contributed by atoms with E-state index in [0.717, 1.165) is 76.2 Å². The van der Waals surface area contributed by atoms with Crippen molar-refractivity contribution in [3.8, 4) is 0 Å². The van der Waals surface area contributed by atoms with Crippen LogP contribution in [-0.4, -0.2) is 178 Å². The summed E-state index contributed by atoms with van der Waals surface area (Å²) in [5, 5.41) is 0. The van der Waals surface area contributed by atoms with Crippen LogP contribution in [0.4, 0.5) is 0 Å². The van der Waals surface area contributed by atoms with E-state index in [4.69, 9.17) is 75.8 Å². The fraction of sp³-hybridized carbons (Fsp3) is 0.725. The van der Waals surface area contributed by atoms with Gasteiger partial charge in [-0.15, -0.1) is 0 Å². The van der Waals surface area contributed by atoms with E-state index in [-0.39, 0.29) is 0 Å². The van der Waals surface area contributed by atoms with E-state index in [1.54, 1.807) is 0 Å². The first-order chi connectivity index (χ1) is 31.3. The number of ether oxygens (including phenoxy) is 16. The fourth-order valence-corrected chi connectivity index (χ4v) is 7.01. The van der Waals surface area contributed by atoms with Crippen molar-refractivity contribution in [2.24, 2.45) is 0 Å². The lowest BCUT2D eigenvalue weighted by Crippen LogP contribution is -2.69. The summed E-state index contributed by atoms with van der Waals surface area (Å²) in [4.78, 5) is 137. The van der Waals surface area contributed by atoms with Gasteiger partial charge in [-0.05, 0) is 0 Å². The van der Waals surface area contributed by atoms with Crippen molar-refractivity contribution >= 4 is 65.7 Å². The molecule has 3 aliphatic heterocycles. The van der Waals surface area contributed by atoms with Gasteiger partial charge in [-0.3, -0.25) is 52.7 Å². The Morgan fingerprint density at radius 2 is 0.493 bits per heavy atom. The van der Waals surface area contributed by atoms with Crippen LogP contribution in [0.2, 0.25) is 0 Å². The molecular weight excluding hydrogens is 912 g/mol. The summed E-state index contributed by atoms with van der Waals surface area (Å²) in [5.74, 6) is -10.7. The highest BCUT2D eigenvalue weighted by atomic mass is 16.8. The van der Waals surface area contributed by atoms with Crippen molar-refractivity contribution in [1.82, 2.24) is 0 Å². The molecule has 0 aromatic carbocycles. The minimum atomic E-state index is -2.06. The van der Waals surface area contributed by atoms with E-state index in [1.165, 1.54) is 0 Å². The van der Waals surface area contributed by atoms with Gasteiger partial charge in [0.25, 0.3) is 0 Å². The third-order valence-corrected chi connectivity index (χ3v) is 9.11.